The minimum atomic E-state index is -0.812. The van der Waals surface area contributed by atoms with Crippen LogP contribution in [0.25, 0.3) is 0 Å². The molecule has 1 aromatic heterocycles. The Morgan fingerprint density at radius 3 is 3.14 bits per heavy atom. The van der Waals surface area contributed by atoms with E-state index in [9.17, 15) is 0 Å². The molecule has 1 aliphatic rings. The zero-order valence-electron chi connectivity index (χ0n) is 7.94. The van der Waals surface area contributed by atoms with Crippen LogP contribution in [-0.2, 0) is 0 Å². The zero-order valence-corrected chi connectivity index (χ0v) is 11.4. The first-order valence-electron chi connectivity index (χ1n) is 4.60. The minimum absolute atomic E-state index is 0.375. The van der Waals surface area contributed by atoms with Crippen molar-refractivity contribution in [3.8, 4) is 0 Å². The number of H-pyrrole nitrogens is 1. The van der Waals surface area contributed by atoms with Crippen molar-refractivity contribution in [2.24, 2.45) is 2.87 Å². The van der Waals surface area contributed by atoms with E-state index >= 15 is 0 Å². The Bertz CT molecular complexity index is 376. The van der Waals surface area contributed by atoms with Gasteiger partial charge in [-0.3, -0.25) is 0 Å². The molecule has 0 radical (unpaired) electrons. The fraction of sp³-hybridized carbons (Fsp3) is 0.300. The van der Waals surface area contributed by atoms with Crippen LogP contribution in [0, 0.1) is 3.78 Å². The number of aromatic amines is 1. The molecule has 0 saturated heterocycles. The molecular formula is C10H11BiN3-. The summed E-state index contributed by atoms with van der Waals surface area (Å²) in [6.07, 6.45) is 8.71. The third-order valence-corrected chi connectivity index (χ3v) is 4.55. The Kier molecular flexibility index (Phi) is 3.36. The number of nitrogens with zero attached hydrogens (tertiary/aromatic N) is 2. The molecule has 0 fully saturated rings. The Morgan fingerprint density at radius 2 is 2.57 bits per heavy atom. The molecule has 0 aromatic carbocycles. The van der Waals surface area contributed by atoms with Crippen LogP contribution in [-0.4, -0.2) is 33.0 Å². The van der Waals surface area contributed by atoms with Gasteiger partial charge >= 0.3 is 95.0 Å². The topological polar surface area (TPSA) is 41.0 Å². The Balaban J connectivity index is 2.26. The average Bonchev–Trinajstić information content (AvgIpc) is 2.74. The summed E-state index contributed by atoms with van der Waals surface area (Å²) in [5, 5.41) is 0. The predicted molar refractivity (Wildman–Crippen MR) is 55.7 cm³/mol. The summed E-state index contributed by atoms with van der Waals surface area (Å²) in [4.78, 5) is 7.47. The van der Waals surface area contributed by atoms with Crippen LogP contribution in [0.1, 0.15) is 25.1 Å². The number of nitrogens with one attached hydrogen (secondary N) is 1. The summed E-state index contributed by atoms with van der Waals surface area (Å²) in [5.74, 6) is 1.42. The molecule has 2 rings (SSSR count). The number of imidazole rings is 1. The van der Waals surface area contributed by atoms with E-state index in [4.69, 9.17) is 0 Å². The summed E-state index contributed by atoms with van der Waals surface area (Å²) < 4.78 is 7.70. The van der Waals surface area contributed by atoms with Crippen molar-refractivity contribution < 1.29 is 0 Å². The van der Waals surface area contributed by atoms with Crippen molar-refractivity contribution in [3.63, 3.8) is 0 Å². The number of hydrogen-bond donors (Lipinski definition) is 1. The molecule has 1 N–H and O–H groups in total. The van der Waals surface area contributed by atoms with Crippen LogP contribution in [0.4, 0.5) is 0 Å². The molecular weight excluding hydrogens is 371 g/mol. The second-order valence-corrected chi connectivity index (χ2v) is 5.58. The summed E-state index contributed by atoms with van der Waals surface area (Å²) in [6.45, 7) is 2.17. The van der Waals surface area contributed by atoms with Crippen LogP contribution in [0.2, 0.25) is 0 Å². The van der Waals surface area contributed by atoms with Gasteiger partial charge in [0.1, 0.15) is 0 Å². The van der Waals surface area contributed by atoms with E-state index in [1.807, 2.05) is 12.4 Å². The van der Waals surface area contributed by atoms with Gasteiger partial charge in [0.05, 0.1) is 0 Å². The molecule has 2 heterocycles. The molecule has 0 bridgehead atoms. The molecule has 0 aliphatic carbocycles. The van der Waals surface area contributed by atoms with Crippen molar-refractivity contribution in [1.29, 1.82) is 0 Å². The number of aromatic nitrogens is 2. The molecule has 72 valence electrons. The van der Waals surface area contributed by atoms with Crippen LogP contribution in [0.3, 0.4) is 0 Å². The van der Waals surface area contributed by atoms with Gasteiger partial charge in [-0.25, -0.2) is 0 Å². The van der Waals surface area contributed by atoms with E-state index < -0.39 is 23.1 Å². The van der Waals surface area contributed by atoms with Gasteiger partial charge in [0, 0.05) is 0 Å². The van der Waals surface area contributed by atoms with Crippen LogP contribution < -0.4 is 0 Å². The summed E-state index contributed by atoms with van der Waals surface area (Å²) >= 11 is -0.812. The quantitative estimate of drug-likeness (QED) is 0.631. The molecule has 0 spiro atoms. The Morgan fingerprint density at radius 1 is 1.64 bits per heavy atom. The normalized spacial score (nSPS) is 16.8. The van der Waals surface area contributed by atoms with E-state index in [0.29, 0.717) is 5.92 Å². The Hall–Kier alpha value is -0.627. The van der Waals surface area contributed by atoms with Crippen molar-refractivity contribution >= 4 is 23.1 Å². The first-order chi connectivity index (χ1) is 6.92. The zero-order chi connectivity index (χ0) is 9.80. The van der Waals surface area contributed by atoms with Gasteiger partial charge in [0.2, 0.25) is 0 Å². The fourth-order valence-electron chi connectivity index (χ4n) is 1.49. The summed E-state index contributed by atoms with van der Waals surface area (Å²) in [7, 11) is 0. The maximum absolute atomic E-state index is 4.30. The molecule has 1 aliphatic heterocycles. The molecule has 1 atom stereocenters. The number of allylic oxidation sites excluding steroid dienone is 2. The summed E-state index contributed by atoms with van der Waals surface area (Å²) in [6, 6.07) is 0. The van der Waals surface area contributed by atoms with Gasteiger partial charge in [0.25, 0.3) is 0 Å². The first kappa shape index (κ1) is 9.91. The molecule has 1 unspecified atom stereocenters. The fourth-order valence-corrected chi connectivity index (χ4v) is 3.58. The van der Waals surface area contributed by atoms with E-state index in [0.717, 1.165) is 12.2 Å². The van der Waals surface area contributed by atoms with Crippen molar-refractivity contribution in [2.45, 2.75) is 19.3 Å². The number of hydrogen-bond acceptors (Lipinski definition) is 2. The van der Waals surface area contributed by atoms with Gasteiger partial charge in [-0.2, -0.15) is 0 Å². The van der Waals surface area contributed by atoms with Crippen LogP contribution in [0.15, 0.2) is 33.1 Å². The molecule has 0 amide bonds. The van der Waals surface area contributed by atoms with Crippen LogP contribution >= 0.6 is 0 Å². The van der Waals surface area contributed by atoms with Crippen molar-refractivity contribution in [2.75, 3.05) is 0 Å². The van der Waals surface area contributed by atoms with E-state index in [1.165, 1.54) is 5.57 Å². The monoisotopic (exact) mass is 382 g/mol. The molecule has 4 heteroatoms. The second-order valence-electron chi connectivity index (χ2n) is 3.03. The third-order valence-electron chi connectivity index (χ3n) is 2.19. The van der Waals surface area contributed by atoms with Gasteiger partial charge in [-0.1, -0.05) is 0 Å². The van der Waals surface area contributed by atoms with E-state index in [-0.39, 0.29) is 0 Å². The standard InChI is InChI=1S/C10H11N3.Bi/c1-3-9(8(2)4-5-11)10-12-6-7-13-10;/h4-7,9H,3H2,1H3,(H,12,13);/q-1;. The van der Waals surface area contributed by atoms with Crippen molar-refractivity contribution in [1.82, 2.24) is 9.97 Å². The van der Waals surface area contributed by atoms with Gasteiger partial charge in [0.15, 0.2) is 0 Å². The third kappa shape index (κ3) is 2.06. The molecule has 14 heavy (non-hydrogen) atoms. The van der Waals surface area contributed by atoms with E-state index in [1.54, 1.807) is 6.20 Å². The van der Waals surface area contributed by atoms with Gasteiger partial charge in [-0.15, -0.1) is 0 Å². The van der Waals surface area contributed by atoms with Crippen molar-refractivity contribution in [3.05, 3.63) is 39.9 Å². The van der Waals surface area contributed by atoms with Crippen LogP contribution in [0.5, 0.6) is 0 Å². The summed E-state index contributed by atoms with van der Waals surface area (Å²) in [5.41, 5.74) is 1.27. The second kappa shape index (κ2) is 4.74. The van der Waals surface area contributed by atoms with Gasteiger partial charge < -0.3 is 0 Å². The molecule has 3 nitrogen and oxygen atoms in total. The van der Waals surface area contributed by atoms with Gasteiger partial charge in [-0.05, 0) is 0 Å². The Labute approximate surface area is 94.8 Å². The molecule has 0 saturated carbocycles. The number of rotatable bonds is 3. The average molecular weight is 382 g/mol. The van der Waals surface area contributed by atoms with E-state index in [2.05, 4.69) is 29.6 Å². The predicted octanol–water partition coefficient (Wildman–Crippen LogP) is 2.01. The molecule has 1 aromatic rings. The first-order valence-corrected chi connectivity index (χ1v) is 7.89. The maximum atomic E-state index is 4.30. The SMILES string of the molecule is CCC(C1=[C-][Bi]=[N]C=C1)c1ncc[nH]1.